The Bertz CT molecular complexity index is 298. The van der Waals surface area contributed by atoms with Crippen molar-refractivity contribution in [3.05, 3.63) is 12.2 Å². The molecule has 0 radical (unpaired) electrons. The van der Waals surface area contributed by atoms with Crippen LogP contribution in [0.5, 0.6) is 0 Å². The van der Waals surface area contributed by atoms with Gasteiger partial charge in [-0.05, 0) is 24.7 Å². The number of carbonyl (C=O) groups is 2. The van der Waals surface area contributed by atoms with Crippen molar-refractivity contribution < 1.29 is 14.7 Å². The second-order valence-corrected chi connectivity index (χ2v) is 4.87. The molecule has 14 heavy (non-hydrogen) atoms. The highest BCUT2D eigenvalue weighted by atomic mass is 32.2. The predicted octanol–water partition coefficient (Wildman–Crippen LogP) is 1.54. The third-order valence-electron chi connectivity index (χ3n) is 2.92. The molecule has 0 saturated heterocycles. The van der Waals surface area contributed by atoms with Crippen molar-refractivity contribution in [2.75, 3.05) is 5.75 Å². The number of carbonyl (C=O) groups excluding carboxylic acids is 1. The average Bonchev–Trinajstić information content (AvgIpc) is 2.74. The third kappa shape index (κ3) is 1.85. The molecule has 0 aliphatic heterocycles. The fraction of sp³-hybridized carbons (Fsp3) is 0.600. The second kappa shape index (κ2) is 3.77. The molecular formula is C10H12O3S. The van der Waals surface area contributed by atoms with Crippen LogP contribution >= 0.6 is 11.8 Å². The van der Waals surface area contributed by atoms with Crippen LogP contribution in [-0.4, -0.2) is 21.9 Å². The normalized spacial score (nSPS) is 33.6. The molecule has 0 amide bonds. The monoisotopic (exact) mass is 212 g/mol. The molecule has 3 unspecified atom stereocenters. The van der Waals surface area contributed by atoms with Gasteiger partial charge in [0.1, 0.15) is 0 Å². The molecule has 0 heterocycles. The van der Waals surface area contributed by atoms with E-state index in [4.69, 9.17) is 5.11 Å². The van der Waals surface area contributed by atoms with Gasteiger partial charge in [-0.1, -0.05) is 23.9 Å². The first kappa shape index (κ1) is 9.77. The summed E-state index contributed by atoms with van der Waals surface area (Å²) in [6.07, 6.45) is 6.30. The lowest BCUT2D eigenvalue weighted by Crippen LogP contribution is -2.17. The summed E-state index contributed by atoms with van der Waals surface area (Å²) in [7, 11) is 0. The Morgan fingerprint density at radius 1 is 1.36 bits per heavy atom. The smallest absolute Gasteiger partial charge is 0.313 e. The summed E-state index contributed by atoms with van der Waals surface area (Å²) in [5, 5.41) is 8.51. The average molecular weight is 212 g/mol. The number of fused-ring (bicyclic) bond motifs is 2. The van der Waals surface area contributed by atoms with E-state index < -0.39 is 5.97 Å². The van der Waals surface area contributed by atoms with E-state index in [1.54, 1.807) is 0 Å². The molecule has 0 spiro atoms. The van der Waals surface area contributed by atoms with Gasteiger partial charge >= 0.3 is 5.97 Å². The van der Waals surface area contributed by atoms with Crippen LogP contribution in [0.4, 0.5) is 0 Å². The highest BCUT2D eigenvalue weighted by Gasteiger charge is 2.39. The topological polar surface area (TPSA) is 54.4 Å². The zero-order chi connectivity index (χ0) is 10.1. The highest BCUT2D eigenvalue weighted by molar-refractivity contribution is 8.14. The molecule has 3 atom stereocenters. The predicted molar refractivity (Wildman–Crippen MR) is 53.9 cm³/mol. The number of allylic oxidation sites excluding steroid dienone is 2. The van der Waals surface area contributed by atoms with Crippen LogP contribution in [0.25, 0.3) is 0 Å². The van der Waals surface area contributed by atoms with Crippen molar-refractivity contribution in [2.24, 2.45) is 17.8 Å². The molecule has 0 aromatic rings. The van der Waals surface area contributed by atoms with E-state index in [1.807, 2.05) is 0 Å². The molecular weight excluding hydrogens is 200 g/mol. The van der Waals surface area contributed by atoms with Gasteiger partial charge < -0.3 is 5.11 Å². The largest absolute Gasteiger partial charge is 0.481 e. The Kier molecular flexibility index (Phi) is 2.63. The fourth-order valence-electron chi connectivity index (χ4n) is 2.29. The molecule has 0 aromatic carbocycles. The minimum atomic E-state index is -0.915. The minimum Gasteiger partial charge on any atom is -0.481 e. The molecule has 2 aliphatic rings. The van der Waals surface area contributed by atoms with Gasteiger partial charge in [0.25, 0.3) is 0 Å². The summed E-state index contributed by atoms with van der Waals surface area (Å²) in [5.74, 6) is 0.0146. The van der Waals surface area contributed by atoms with Crippen LogP contribution in [0.3, 0.4) is 0 Å². The van der Waals surface area contributed by atoms with Crippen molar-refractivity contribution in [3.63, 3.8) is 0 Å². The molecule has 1 fully saturated rings. The number of hydrogen-bond donors (Lipinski definition) is 1. The Morgan fingerprint density at radius 2 is 2.14 bits per heavy atom. The van der Waals surface area contributed by atoms with Gasteiger partial charge in [0.15, 0.2) is 5.12 Å². The summed E-state index contributed by atoms with van der Waals surface area (Å²) < 4.78 is 0. The Morgan fingerprint density at radius 3 is 2.64 bits per heavy atom. The van der Waals surface area contributed by atoms with Crippen molar-refractivity contribution in [1.82, 2.24) is 0 Å². The lowest BCUT2D eigenvalue weighted by Gasteiger charge is -2.15. The van der Waals surface area contributed by atoms with Gasteiger partial charge in [0.05, 0.1) is 5.75 Å². The molecule has 1 N–H and O–H groups in total. The highest BCUT2D eigenvalue weighted by Crippen LogP contribution is 2.45. The number of hydrogen-bond acceptors (Lipinski definition) is 3. The zero-order valence-electron chi connectivity index (χ0n) is 7.68. The van der Waals surface area contributed by atoms with E-state index in [2.05, 4.69) is 12.2 Å². The second-order valence-electron chi connectivity index (χ2n) is 3.89. The molecule has 3 nitrogen and oxygen atoms in total. The number of thioether (sulfide) groups is 1. The SMILES string of the molecule is O=C(O)CSC(=O)C1CC2C=CC1C2. The van der Waals surface area contributed by atoms with Crippen LogP contribution in [0.1, 0.15) is 12.8 Å². The van der Waals surface area contributed by atoms with E-state index in [-0.39, 0.29) is 16.8 Å². The van der Waals surface area contributed by atoms with Crippen LogP contribution < -0.4 is 0 Å². The quantitative estimate of drug-likeness (QED) is 0.721. The van der Waals surface area contributed by atoms with E-state index in [1.165, 1.54) is 0 Å². The molecule has 76 valence electrons. The Hall–Kier alpha value is -0.770. The van der Waals surface area contributed by atoms with Crippen LogP contribution in [0.2, 0.25) is 0 Å². The molecule has 2 aliphatic carbocycles. The number of rotatable bonds is 3. The van der Waals surface area contributed by atoms with Crippen molar-refractivity contribution in [3.8, 4) is 0 Å². The summed E-state index contributed by atoms with van der Waals surface area (Å²) in [6, 6.07) is 0. The number of carboxylic acids is 1. The van der Waals surface area contributed by atoms with E-state index >= 15 is 0 Å². The molecule has 4 heteroatoms. The van der Waals surface area contributed by atoms with Gasteiger partial charge in [-0.2, -0.15) is 0 Å². The van der Waals surface area contributed by atoms with Crippen LogP contribution in [0, 0.1) is 17.8 Å². The summed E-state index contributed by atoms with van der Waals surface area (Å²) in [4.78, 5) is 21.9. The standard InChI is InChI=1S/C10H12O3S/c11-9(12)5-14-10(13)8-4-6-1-2-7(8)3-6/h1-2,6-8H,3-5H2,(H,11,12). The molecule has 1 saturated carbocycles. The lowest BCUT2D eigenvalue weighted by molar-refractivity contribution is -0.134. The maximum absolute atomic E-state index is 11.6. The Balaban J connectivity index is 1.87. The summed E-state index contributed by atoms with van der Waals surface area (Å²) >= 11 is 0.949. The van der Waals surface area contributed by atoms with Gasteiger partial charge in [0.2, 0.25) is 0 Å². The summed E-state index contributed by atoms with van der Waals surface area (Å²) in [5.41, 5.74) is 0. The van der Waals surface area contributed by atoms with E-state index in [0.29, 0.717) is 11.8 Å². The van der Waals surface area contributed by atoms with Crippen molar-refractivity contribution in [1.29, 1.82) is 0 Å². The molecule has 2 bridgehead atoms. The van der Waals surface area contributed by atoms with Crippen molar-refractivity contribution >= 4 is 22.8 Å². The zero-order valence-corrected chi connectivity index (χ0v) is 8.50. The van der Waals surface area contributed by atoms with Gasteiger partial charge in [-0.3, -0.25) is 9.59 Å². The maximum atomic E-state index is 11.6. The number of aliphatic carboxylic acids is 1. The van der Waals surface area contributed by atoms with Gasteiger partial charge in [0, 0.05) is 5.92 Å². The molecule has 0 aromatic heterocycles. The van der Waals surface area contributed by atoms with Gasteiger partial charge in [-0.15, -0.1) is 0 Å². The Labute approximate surface area is 86.6 Å². The number of carboxylic acid groups (broad SMARTS) is 1. The minimum absolute atomic E-state index is 0.0595. The first-order chi connectivity index (χ1) is 6.66. The van der Waals surface area contributed by atoms with Crippen LogP contribution in [-0.2, 0) is 9.59 Å². The van der Waals surface area contributed by atoms with Crippen molar-refractivity contribution in [2.45, 2.75) is 12.8 Å². The third-order valence-corrected chi connectivity index (χ3v) is 3.90. The van der Waals surface area contributed by atoms with Crippen LogP contribution in [0.15, 0.2) is 12.2 Å². The van der Waals surface area contributed by atoms with Gasteiger partial charge in [-0.25, -0.2) is 0 Å². The fourth-order valence-corrected chi connectivity index (χ4v) is 3.04. The first-order valence-corrected chi connectivity index (χ1v) is 5.72. The van der Waals surface area contributed by atoms with E-state index in [0.717, 1.165) is 24.6 Å². The summed E-state index contributed by atoms with van der Waals surface area (Å²) in [6.45, 7) is 0. The molecule has 2 rings (SSSR count). The van der Waals surface area contributed by atoms with E-state index in [9.17, 15) is 9.59 Å². The maximum Gasteiger partial charge on any atom is 0.313 e. The first-order valence-electron chi connectivity index (χ1n) is 4.73. The lowest BCUT2D eigenvalue weighted by atomic mass is 9.95.